The van der Waals surface area contributed by atoms with Crippen LogP contribution in [-0.4, -0.2) is 14.4 Å². The van der Waals surface area contributed by atoms with Crippen LogP contribution in [-0.2, 0) is 26.9 Å². The molecule has 0 radical (unpaired) electrons. The summed E-state index contributed by atoms with van der Waals surface area (Å²) < 4.78 is 30.3. The van der Waals surface area contributed by atoms with Gasteiger partial charge in [-0.3, -0.25) is 0 Å². The number of esters is 1. The van der Waals surface area contributed by atoms with Gasteiger partial charge in [-0.15, -0.1) is 0 Å². The summed E-state index contributed by atoms with van der Waals surface area (Å²) in [4.78, 5) is 12.5. The fourth-order valence-corrected chi connectivity index (χ4v) is 4.46. The monoisotopic (exact) mass is 448 g/mol. The third kappa shape index (κ3) is 5.60. The third-order valence-corrected chi connectivity index (χ3v) is 6.59. The van der Waals surface area contributed by atoms with E-state index in [0.717, 1.165) is 5.56 Å². The first-order valence-electron chi connectivity index (χ1n) is 8.74. The number of sulfone groups is 1. The smallest absolute Gasteiger partial charge is 0.338 e. The molecule has 29 heavy (non-hydrogen) atoms. The Hall–Kier alpha value is -2.34. The number of hydrogen-bond donors (Lipinski definition) is 0. The zero-order valence-electron chi connectivity index (χ0n) is 15.6. The maximum atomic E-state index is 12.5. The largest absolute Gasteiger partial charge is 0.457 e. The fraction of sp³-hybridized carbons (Fsp3) is 0.136. The van der Waals surface area contributed by atoms with Crippen molar-refractivity contribution in [2.45, 2.75) is 24.2 Å². The Balaban J connectivity index is 1.64. The van der Waals surface area contributed by atoms with Gasteiger partial charge in [-0.2, -0.15) is 0 Å². The van der Waals surface area contributed by atoms with Gasteiger partial charge in [-0.1, -0.05) is 59.1 Å². The molecule has 0 unspecified atom stereocenters. The van der Waals surface area contributed by atoms with E-state index in [1.165, 1.54) is 0 Å². The SMILES string of the molecule is Cc1ccc(S(=O)(=O)Cc2ccc(C(=O)OCc3ccc(Cl)cc3Cl)cc2)cc1. The van der Waals surface area contributed by atoms with Crippen LogP contribution in [0.2, 0.25) is 10.0 Å². The van der Waals surface area contributed by atoms with Crippen molar-refractivity contribution in [3.63, 3.8) is 0 Å². The molecule has 0 aromatic heterocycles. The molecule has 0 aliphatic heterocycles. The summed E-state index contributed by atoms with van der Waals surface area (Å²) in [6, 6.07) is 18.0. The van der Waals surface area contributed by atoms with Crippen LogP contribution in [0.1, 0.15) is 27.0 Å². The molecule has 0 amide bonds. The summed E-state index contributed by atoms with van der Waals surface area (Å²) in [5.74, 6) is -0.671. The van der Waals surface area contributed by atoms with Crippen molar-refractivity contribution in [3.05, 3.63) is 99.0 Å². The van der Waals surface area contributed by atoms with E-state index in [4.69, 9.17) is 27.9 Å². The normalized spacial score (nSPS) is 11.3. The molecule has 150 valence electrons. The number of carbonyl (C=O) groups excluding carboxylic acids is 1. The first-order chi connectivity index (χ1) is 13.7. The van der Waals surface area contributed by atoms with Crippen LogP contribution < -0.4 is 0 Å². The van der Waals surface area contributed by atoms with Crippen molar-refractivity contribution in [2.24, 2.45) is 0 Å². The quantitative estimate of drug-likeness (QED) is 0.458. The van der Waals surface area contributed by atoms with E-state index in [-0.39, 0.29) is 17.3 Å². The van der Waals surface area contributed by atoms with Gasteiger partial charge in [0, 0.05) is 15.6 Å². The number of hydrogen-bond acceptors (Lipinski definition) is 4. The molecule has 7 heteroatoms. The average Bonchev–Trinajstić information content (AvgIpc) is 2.68. The Bertz CT molecular complexity index is 1120. The van der Waals surface area contributed by atoms with Crippen molar-refractivity contribution in [1.29, 1.82) is 0 Å². The van der Waals surface area contributed by atoms with Crippen molar-refractivity contribution in [3.8, 4) is 0 Å². The average molecular weight is 449 g/mol. The molecule has 3 aromatic carbocycles. The zero-order chi connectivity index (χ0) is 21.0. The minimum absolute atomic E-state index is 0.0123. The molecule has 0 atom stereocenters. The van der Waals surface area contributed by atoms with Gasteiger partial charge in [0.25, 0.3) is 0 Å². The summed E-state index contributed by atoms with van der Waals surface area (Å²) in [6.45, 7) is 1.91. The molecular formula is C22H18Cl2O4S. The van der Waals surface area contributed by atoms with Crippen LogP contribution in [0, 0.1) is 6.92 Å². The van der Waals surface area contributed by atoms with Crippen LogP contribution in [0.5, 0.6) is 0 Å². The van der Waals surface area contributed by atoms with Crippen molar-refractivity contribution >= 4 is 39.0 Å². The number of halogens is 2. The highest BCUT2D eigenvalue weighted by Crippen LogP contribution is 2.22. The van der Waals surface area contributed by atoms with Crippen molar-refractivity contribution in [1.82, 2.24) is 0 Å². The minimum atomic E-state index is -3.46. The first-order valence-corrected chi connectivity index (χ1v) is 11.1. The number of aryl methyl sites for hydroxylation is 1. The number of rotatable bonds is 6. The van der Waals surface area contributed by atoms with Gasteiger partial charge >= 0.3 is 5.97 Å². The fourth-order valence-electron chi connectivity index (χ4n) is 2.65. The molecule has 0 N–H and O–H groups in total. The minimum Gasteiger partial charge on any atom is -0.457 e. The highest BCUT2D eigenvalue weighted by atomic mass is 35.5. The molecule has 0 saturated carbocycles. The van der Waals surface area contributed by atoms with E-state index in [1.54, 1.807) is 66.7 Å². The van der Waals surface area contributed by atoms with Crippen LogP contribution in [0.3, 0.4) is 0 Å². The predicted octanol–water partition coefficient (Wildman–Crippen LogP) is 5.63. The molecule has 3 aromatic rings. The molecular weight excluding hydrogens is 431 g/mol. The van der Waals surface area contributed by atoms with E-state index in [2.05, 4.69) is 0 Å². The van der Waals surface area contributed by atoms with Crippen LogP contribution in [0.15, 0.2) is 71.6 Å². The molecule has 3 rings (SSSR count). The van der Waals surface area contributed by atoms with Gasteiger partial charge < -0.3 is 4.74 Å². The van der Waals surface area contributed by atoms with Gasteiger partial charge in [-0.25, -0.2) is 13.2 Å². The lowest BCUT2D eigenvalue weighted by molar-refractivity contribution is 0.0473. The van der Waals surface area contributed by atoms with Crippen LogP contribution >= 0.6 is 23.2 Å². The molecule has 4 nitrogen and oxygen atoms in total. The van der Waals surface area contributed by atoms with E-state index in [1.807, 2.05) is 6.92 Å². The summed E-state index contributed by atoms with van der Waals surface area (Å²) in [5.41, 5.74) is 2.55. The van der Waals surface area contributed by atoms with E-state index in [0.29, 0.717) is 26.7 Å². The van der Waals surface area contributed by atoms with Crippen molar-refractivity contribution in [2.75, 3.05) is 0 Å². The highest BCUT2D eigenvalue weighted by molar-refractivity contribution is 7.90. The highest BCUT2D eigenvalue weighted by Gasteiger charge is 2.16. The second-order valence-electron chi connectivity index (χ2n) is 6.58. The predicted molar refractivity (Wildman–Crippen MR) is 114 cm³/mol. The Morgan fingerprint density at radius 3 is 2.21 bits per heavy atom. The molecule has 0 aliphatic carbocycles. The second kappa shape index (κ2) is 8.99. The number of carbonyl (C=O) groups is 1. The van der Waals surface area contributed by atoms with Crippen molar-refractivity contribution < 1.29 is 17.9 Å². The number of benzene rings is 3. The van der Waals surface area contributed by atoms with Gasteiger partial charge in [0.15, 0.2) is 9.84 Å². The molecule has 0 spiro atoms. The second-order valence-corrected chi connectivity index (χ2v) is 9.41. The summed E-state index contributed by atoms with van der Waals surface area (Å²) >= 11 is 11.9. The van der Waals surface area contributed by atoms with E-state index >= 15 is 0 Å². The van der Waals surface area contributed by atoms with Gasteiger partial charge in [0.1, 0.15) is 6.61 Å². The van der Waals surface area contributed by atoms with Gasteiger partial charge in [0.2, 0.25) is 0 Å². The maximum Gasteiger partial charge on any atom is 0.338 e. The van der Waals surface area contributed by atoms with Gasteiger partial charge in [-0.05, 0) is 48.9 Å². The van der Waals surface area contributed by atoms with Crippen LogP contribution in [0.4, 0.5) is 0 Å². The molecule has 0 heterocycles. The molecule has 0 bridgehead atoms. The Labute approximate surface area is 180 Å². The lowest BCUT2D eigenvalue weighted by atomic mass is 10.1. The molecule has 0 fully saturated rings. The summed E-state index contributed by atoms with van der Waals surface area (Å²) in [5, 5.41) is 0.920. The Kier molecular flexibility index (Phi) is 6.63. The third-order valence-electron chi connectivity index (χ3n) is 4.30. The lowest BCUT2D eigenvalue weighted by Crippen LogP contribution is -2.07. The maximum absolute atomic E-state index is 12.5. The molecule has 0 aliphatic rings. The number of ether oxygens (including phenoxy) is 1. The summed E-state index contributed by atoms with van der Waals surface area (Å²) in [7, 11) is -3.46. The van der Waals surface area contributed by atoms with E-state index < -0.39 is 15.8 Å². The standard InChI is InChI=1S/C22H18Cl2O4S/c1-15-2-10-20(11-3-15)29(26,27)14-16-4-6-17(7-5-16)22(25)28-13-18-8-9-19(23)12-21(18)24/h2-12H,13-14H2,1H3. The lowest BCUT2D eigenvalue weighted by Gasteiger charge is -2.08. The zero-order valence-corrected chi connectivity index (χ0v) is 17.9. The first kappa shape index (κ1) is 21.4. The Morgan fingerprint density at radius 1 is 0.931 bits per heavy atom. The van der Waals surface area contributed by atoms with Gasteiger partial charge in [0.05, 0.1) is 16.2 Å². The van der Waals surface area contributed by atoms with Crippen LogP contribution in [0.25, 0.3) is 0 Å². The summed E-state index contributed by atoms with van der Waals surface area (Å²) in [6.07, 6.45) is 0. The van der Waals surface area contributed by atoms with E-state index in [9.17, 15) is 13.2 Å². The topological polar surface area (TPSA) is 60.4 Å². The Morgan fingerprint density at radius 2 is 1.59 bits per heavy atom. The molecule has 0 saturated heterocycles.